The molecule has 3 aromatic rings. The molecule has 0 bridgehead atoms. The highest BCUT2D eigenvalue weighted by molar-refractivity contribution is 9.10. The molecule has 0 amide bonds. The van der Waals surface area contributed by atoms with E-state index in [0.29, 0.717) is 37.9 Å². The van der Waals surface area contributed by atoms with Crippen molar-refractivity contribution in [3.8, 4) is 23.0 Å². The first-order valence-corrected chi connectivity index (χ1v) is 11.2. The second-order valence-corrected chi connectivity index (χ2v) is 8.28. The van der Waals surface area contributed by atoms with Crippen LogP contribution in [-0.2, 0) is 19.6 Å². The first kappa shape index (κ1) is 25.1. The number of halogens is 3. The van der Waals surface area contributed by atoms with Crippen LogP contribution in [0.5, 0.6) is 23.0 Å². The Bertz CT molecular complexity index is 1070. The molecule has 5 nitrogen and oxygen atoms in total. The minimum atomic E-state index is -0.213. The highest BCUT2D eigenvalue weighted by atomic mass is 79.9. The van der Waals surface area contributed by atoms with Gasteiger partial charge in [0.1, 0.15) is 25.6 Å². The minimum absolute atomic E-state index is 0. The van der Waals surface area contributed by atoms with Gasteiger partial charge in [0.25, 0.3) is 0 Å². The van der Waals surface area contributed by atoms with Crippen molar-refractivity contribution >= 4 is 28.3 Å². The maximum absolute atomic E-state index is 13.0. The Hall–Kier alpha value is -2.48. The molecule has 0 radical (unpaired) electrons. The molecular weight excluding hydrogens is 513 g/mol. The molecule has 176 valence electrons. The fourth-order valence-electron chi connectivity index (χ4n) is 3.46. The number of fused-ring (bicyclic) bond motifs is 1. The second kappa shape index (κ2) is 12.1. The average Bonchev–Trinajstić information content (AvgIpc) is 2.82. The number of benzene rings is 3. The van der Waals surface area contributed by atoms with E-state index in [9.17, 15) is 4.39 Å². The molecule has 0 saturated carbocycles. The van der Waals surface area contributed by atoms with Crippen LogP contribution in [-0.4, -0.2) is 26.9 Å². The van der Waals surface area contributed by atoms with E-state index in [0.717, 1.165) is 45.6 Å². The van der Waals surface area contributed by atoms with Crippen LogP contribution in [0.2, 0.25) is 0 Å². The SMILES string of the molecule is COc1cc(CNCCc2ccc(F)cc2)cc(Br)c1OCc1ccc2c(c1)OCCO2.Cl. The van der Waals surface area contributed by atoms with Gasteiger partial charge in [0.15, 0.2) is 23.0 Å². The van der Waals surface area contributed by atoms with E-state index in [4.69, 9.17) is 18.9 Å². The van der Waals surface area contributed by atoms with Crippen molar-refractivity contribution in [3.05, 3.63) is 81.6 Å². The Morgan fingerprint density at radius 3 is 2.42 bits per heavy atom. The summed E-state index contributed by atoms with van der Waals surface area (Å²) in [4.78, 5) is 0. The molecule has 0 fully saturated rings. The predicted octanol–water partition coefficient (Wildman–Crippen LogP) is 5.70. The molecule has 0 saturated heterocycles. The Morgan fingerprint density at radius 1 is 0.939 bits per heavy atom. The summed E-state index contributed by atoms with van der Waals surface area (Å²) in [6, 6.07) is 16.4. The molecule has 1 aliphatic rings. The molecule has 0 unspecified atom stereocenters. The Kier molecular flexibility index (Phi) is 9.23. The van der Waals surface area contributed by atoms with Crippen molar-refractivity contribution in [3.63, 3.8) is 0 Å². The first-order chi connectivity index (χ1) is 15.6. The lowest BCUT2D eigenvalue weighted by molar-refractivity contribution is 0.171. The second-order valence-electron chi connectivity index (χ2n) is 7.43. The maximum atomic E-state index is 13.0. The summed E-state index contributed by atoms with van der Waals surface area (Å²) in [5, 5.41) is 3.41. The van der Waals surface area contributed by atoms with Crippen molar-refractivity contribution in [1.82, 2.24) is 5.32 Å². The fourth-order valence-corrected chi connectivity index (χ4v) is 4.07. The molecule has 0 spiro atoms. The molecule has 0 aromatic heterocycles. The average molecular weight is 539 g/mol. The van der Waals surface area contributed by atoms with E-state index < -0.39 is 0 Å². The highest BCUT2D eigenvalue weighted by Crippen LogP contribution is 2.38. The normalized spacial score (nSPS) is 12.1. The lowest BCUT2D eigenvalue weighted by Gasteiger charge is -2.19. The molecular formula is C25H26BrClFNO4. The lowest BCUT2D eigenvalue weighted by Crippen LogP contribution is -2.17. The number of ether oxygens (including phenoxy) is 4. The molecule has 1 N–H and O–H groups in total. The zero-order valence-corrected chi connectivity index (χ0v) is 20.6. The molecule has 0 atom stereocenters. The van der Waals surface area contributed by atoms with Crippen LogP contribution in [0.3, 0.4) is 0 Å². The highest BCUT2D eigenvalue weighted by Gasteiger charge is 2.15. The van der Waals surface area contributed by atoms with Gasteiger partial charge in [-0.25, -0.2) is 4.39 Å². The third-order valence-corrected chi connectivity index (χ3v) is 5.70. The van der Waals surface area contributed by atoms with Crippen LogP contribution < -0.4 is 24.3 Å². The fraction of sp³-hybridized carbons (Fsp3) is 0.280. The van der Waals surface area contributed by atoms with Crippen molar-refractivity contribution < 1.29 is 23.3 Å². The van der Waals surface area contributed by atoms with Crippen molar-refractivity contribution in [1.29, 1.82) is 0 Å². The summed E-state index contributed by atoms with van der Waals surface area (Å²) >= 11 is 3.61. The van der Waals surface area contributed by atoms with Gasteiger partial charge in [-0.1, -0.05) is 18.2 Å². The maximum Gasteiger partial charge on any atom is 0.175 e. The number of methoxy groups -OCH3 is 1. The van der Waals surface area contributed by atoms with Gasteiger partial charge in [-0.15, -0.1) is 12.4 Å². The van der Waals surface area contributed by atoms with E-state index in [-0.39, 0.29) is 18.2 Å². The zero-order valence-electron chi connectivity index (χ0n) is 18.2. The number of rotatable bonds is 9. The van der Waals surface area contributed by atoms with Crippen LogP contribution in [0, 0.1) is 5.82 Å². The van der Waals surface area contributed by atoms with Gasteiger partial charge in [-0.05, 0) is 82.0 Å². The van der Waals surface area contributed by atoms with Crippen LogP contribution >= 0.6 is 28.3 Å². The van der Waals surface area contributed by atoms with Gasteiger partial charge in [0, 0.05) is 6.54 Å². The first-order valence-electron chi connectivity index (χ1n) is 10.5. The topological polar surface area (TPSA) is 49.0 Å². The summed E-state index contributed by atoms with van der Waals surface area (Å²) in [7, 11) is 1.63. The van der Waals surface area contributed by atoms with Crippen LogP contribution in [0.25, 0.3) is 0 Å². The van der Waals surface area contributed by atoms with Crippen LogP contribution in [0.1, 0.15) is 16.7 Å². The van der Waals surface area contributed by atoms with E-state index in [2.05, 4.69) is 21.2 Å². The molecule has 8 heteroatoms. The molecule has 33 heavy (non-hydrogen) atoms. The Morgan fingerprint density at radius 2 is 1.67 bits per heavy atom. The van der Waals surface area contributed by atoms with Crippen LogP contribution in [0.4, 0.5) is 4.39 Å². The Labute approximate surface area is 207 Å². The summed E-state index contributed by atoms with van der Waals surface area (Å²) in [6.45, 7) is 2.96. The van der Waals surface area contributed by atoms with E-state index in [1.54, 1.807) is 7.11 Å². The number of hydrogen-bond acceptors (Lipinski definition) is 5. The molecule has 0 aliphatic carbocycles. The van der Waals surface area contributed by atoms with Crippen molar-refractivity contribution in [2.75, 3.05) is 26.9 Å². The number of nitrogens with one attached hydrogen (secondary N) is 1. The van der Waals surface area contributed by atoms with Crippen LogP contribution in [0.15, 0.2) is 59.1 Å². The molecule has 1 aliphatic heterocycles. The van der Waals surface area contributed by atoms with Gasteiger partial charge < -0.3 is 24.3 Å². The van der Waals surface area contributed by atoms with E-state index in [1.165, 1.54) is 12.1 Å². The summed E-state index contributed by atoms with van der Waals surface area (Å²) in [6.07, 6.45) is 0.829. The molecule has 1 heterocycles. The summed E-state index contributed by atoms with van der Waals surface area (Å²) in [5.41, 5.74) is 3.15. The van der Waals surface area contributed by atoms with Crippen molar-refractivity contribution in [2.24, 2.45) is 0 Å². The smallest absolute Gasteiger partial charge is 0.175 e. The van der Waals surface area contributed by atoms with E-state index in [1.807, 2.05) is 42.5 Å². The van der Waals surface area contributed by atoms with Gasteiger partial charge in [0.05, 0.1) is 11.6 Å². The predicted molar refractivity (Wildman–Crippen MR) is 132 cm³/mol. The minimum Gasteiger partial charge on any atom is -0.493 e. The zero-order chi connectivity index (χ0) is 22.3. The Balaban J connectivity index is 0.00000306. The monoisotopic (exact) mass is 537 g/mol. The summed E-state index contributed by atoms with van der Waals surface area (Å²) in [5.74, 6) is 2.60. The van der Waals surface area contributed by atoms with Gasteiger partial charge in [-0.3, -0.25) is 0 Å². The van der Waals surface area contributed by atoms with Gasteiger partial charge >= 0.3 is 0 Å². The van der Waals surface area contributed by atoms with E-state index >= 15 is 0 Å². The quantitative estimate of drug-likeness (QED) is 0.354. The van der Waals surface area contributed by atoms with Crippen molar-refractivity contribution in [2.45, 2.75) is 19.6 Å². The third-order valence-electron chi connectivity index (χ3n) is 5.11. The number of hydrogen-bond donors (Lipinski definition) is 1. The van der Waals surface area contributed by atoms with Gasteiger partial charge in [-0.2, -0.15) is 0 Å². The third kappa shape index (κ3) is 6.76. The summed E-state index contributed by atoms with van der Waals surface area (Å²) < 4.78 is 36.7. The lowest BCUT2D eigenvalue weighted by atomic mass is 10.1. The largest absolute Gasteiger partial charge is 0.493 e. The molecule has 4 rings (SSSR count). The van der Waals surface area contributed by atoms with Gasteiger partial charge in [0.2, 0.25) is 0 Å². The standard InChI is InChI=1S/C25H25BrFNO4.ClH/c1-29-24-14-19(15-28-9-8-17-2-5-20(27)6-3-17)12-21(26)25(24)32-16-18-4-7-22-23(13-18)31-11-10-30-22;/h2-7,12-14,28H,8-11,15-16H2,1H3;1H. The molecule has 3 aromatic carbocycles.